The van der Waals surface area contributed by atoms with Gasteiger partial charge in [0.05, 0.1) is 12.1 Å². The molecule has 0 fully saturated rings. The first-order valence-electron chi connectivity index (χ1n) is 7.06. The van der Waals surface area contributed by atoms with E-state index in [-0.39, 0.29) is 11.7 Å². The standard InChI is InChI=1S/C15H23N3O3/c16-8-2-1-3-14(17)15(21)18-12(10-19)9-11-4-6-13(20)7-5-11/h4-7,10,12,14,20H,1-3,8-9,16-17H2,(H,18,21). The molecule has 2 atom stereocenters. The minimum Gasteiger partial charge on any atom is -0.508 e. The Bertz CT molecular complexity index is 448. The molecule has 0 aromatic heterocycles. The number of amides is 1. The minimum atomic E-state index is -0.626. The van der Waals surface area contributed by atoms with E-state index in [0.29, 0.717) is 25.7 Å². The number of aromatic hydroxyl groups is 1. The molecular weight excluding hydrogens is 270 g/mol. The molecule has 1 rings (SSSR count). The molecule has 0 radical (unpaired) electrons. The molecule has 116 valence electrons. The van der Waals surface area contributed by atoms with Crippen molar-refractivity contribution in [3.05, 3.63) is 29.8 Å². The van der Waals surface area contributed by atoms with Crippen LogP contribution in [0.5, 0.6) is 5.75 Å². The molecule has 0 saturated heterocycles. The predicted octanol–water partition coefficient (Wildman–Crippen LogP) is 0.0747. The lowest BCUT2D eigenvalue weighted by molar-refractivity contribution is -0.125. The molecule has 0 spiro atoms. The fourth-order valence-electron chi connectivity index (χ4n) is 1.95. The summed E-state index contributed by atoms with van der Waals surface area (Å²) in [5.74, 6) is -0.171. The zero-order chi connectivity index (χ0) is 15.7. The minimum absolute atomic E-state index is 0.160. The van der Waals surface area contributed by atoms with E-state index >= 15 is 0 Å². The van der Waals surface area contributed by atoms with Crippen molar-refractivity contribution in [2.45, 2.75) is 37.8 Å². The van der Waals surface area contributed by atoms with Crippen molar-refractivity contribution >= 4 is 12.2 Å². The number of phenols is 1. The highest BCUT2D eigenvalue weighted by atomic mass is 16.3. The fourth-order valence-corrected chi connectivity index (χ4v) is 1.95. The van der Waals surface area contributed by atoms with Crippen LogP contribution in [0.25, 0.3) is 0 Å². The lowest BCUT2D eigenvalue weighted by Gasteiger charge is -2.16. The van der Waals surface area contributed by atoms with Gasteiger partial charge in [0.1, 0.15) is 12.0 Å². The zero-order valence-electron chi connectivity index (χ0n) is 12.0. The molecule has 1 aromatic rings. The third kappa shape index (κ3) is 6.37. The summed E-state index contributed by atoms with van der Waals surface area (Å²) < 4.78 is 0. The number of nitrogens with one attached hydrogen (secondary N) is 1. The van der Waals surface area contributed by atoms with E-state index in [0.717, 1.165) is 18.4 Å². The highest BCUT2D eigenvalue weighted by Gasteiger charge is 2.17. The smallest absolute Gasteiger partial charge is 0.237 e. The van der Waals surface area contributed by atoms with Gasteiger partial charge in [-0.1, -0.05) is 18.6 Å². The van der Waals surface area contributed by atoms with Gasteiger partial charge in [-0.05, 0) is 43.5 Å². The summed E-state index contributed by atoms with van der Waals surface area (Å²) in [4.78, 5) is 23.0. The number of unbranched alkanes of at least 4 members (excludes halogenated alkanes) is 1. The van der Waals surface area contributed by atoms with Crippen molar-refractivity contribution in [1.82, 2.24) is 5.32 Å². The van der Waals surface area contributed by atoms with Gasteiger partial charge in [-0.25, -0.2) is 0 Å². The van der Waals surface area contributed by atoms with E-state index < -0.39 is 12.1 Å². The molecule has 21 heavy (non-hydrogen) atoms. The van der Waals surface area contributed by atoms with E-state index in [1.54, 1.807) is 12.1 Å². The maximum absolute atomic E-state index is 11.9. The molecule has 0 aliphatic carbocycles. The predicted molar refractivity (Wildman–Crippen MR) is 80.7 cm³/mol. The highest BCUT2D eigenvalue weighted by molar-refractivity contribution is 5.84. The maximum atomic E-state index is 11.9. The van der Waals surface area contributed by atoms with Gasteiger partial charge in [0.2, 0.25) is 5.91 Å². The number of nitrogens with two attached hydrogens (primary N) is 2. The van der Waals surface area contributed by atoms with E-state index in [1.165, 1.54) is 12.1 Å². The Morgan fingerprint density at radius 1 is 1.29 bits per heavy atom. The average molecular weight is 293 g/mol. The summed E-state index contributed by atoms with van der Waals surface area (Å²) >= 11 is 0. The molecule has 1 amide bonds. The first-order valence-corrected chi connectivity index (χ1v) is 7.06. The molecule has 2 unspecified atom stereocenters. The maximum Gasteiger partial charge on any atom is 0.237 e. The van der Waals surface area contributed by atoms with Crippen LogP contribution in [0.1, 0.15) is 24.8 Å². The summed E-state index contributed by atoms with van der Waals surface area (Å²) in [6.45, 7) is 0.576. The summed E-state index contributed by atoms with van der Waals surface area (Å²) in [6.07, 6.45) is 3.22. The van der Waals surface area contributed by atoms with Crippen LogP contribution in [0.3, 0.4) is 0 Å². The molecule has 6 heteroatoms. The second-order valence-electron chi connectivity index (χ2n) is 5.01. The van der Waals surface area contributed by atoms with E-state index in [2.05, 4.69) is 5.32 Å². The molecule has 6 nitrogen and oxygen atoms in total. The van der Waals surface area contributed by atoms with E-state index in [1.807, 2.05) is 0 Å². The second kappa shape index (κ2) is 9.10. The lowest BCUT2D eigenvalue weighted by Crippen LogP contribution is -2.46. The Kier molecular flexibility index (Phi) is 7.42. The van der Waals surface area contributed by atoms with Gasteiger partial charge in [-0.3, -0.25) is 4.79 Å². The summed E-state index contributed by atoms with van der Waals surface area (Å²) in [7, 11) is 0. The number of carbonyl (C=O) groups excluding carboxylic acids is 2. The van der Waals surface area contributed by atoms with Crippen LogP contribution < -0.4 is 16.8 Å². The Labute approximate surface area is 124 Å². The van der Waals surface area contributed by atoms with Crippen molar-refractivity contribution in [2.24, 2.45) is 11.5 Å². The SMILES string of the molecule is NCCCCC(N)C(=O)NC(C=O)Cc1ccc(O)cc1. The normalized spacial score (nSPS) is 13.4. The second-order valence-corrected chi connectivity index (χ2v) is 5.01. The van der Waals surface area contributed by atoms with Gasteiger partial charge in [-0.2, -0.15) is 0 Å². The van der Waals surface area contributed by atoms with Crippen LogP contribution in [-0.2, 0) is 16.0 Å². The van der Waals surface area contributed by atoms with E-state index in [9.17, 15) is 14.7 Å². The lowest BCUT2D eigenvalue weighted by atomic mass is 10.1. The van der Waals surface area contributed by atoms with Gasteiger partial charge in [-0.15, -0.1) is 0 Å². The quantitative estimate of drug-likeness (QED) is 0.380. The van der Waals surface area contributed by atoms with Crippen molar-refractivity contribution in [2.75, 3.05) is 6.54 Å². The van der Waals surface area contributed by atoms with Crippen LogP contribution in [0.4, 0.5) is 0 Å². The molecule has 1 aromatic carbocycles. The fraction of sp³-hybridized carbons (Fsp3) is 0.467. The monoisotopic (exact) mass is 293 g/mol. The molecule has 0 aliphatic rings. The number of aldehydes is 1. The molecule has 0 bridgehead atoms. The number of carbonyl (C=O) groups is 2. The van der Waals surface area contributed by atoms with E-state index in [4.69, 9.17) is 11.5 Å². The van der Waals surface area contributed by atoms with Crippen LogP contribution >= 0.6 is 0 Å². The summed E-state index contributed by atoms with van der Waals surface area (Å²) in [6, 6.07) is 5.24. The third-order valence-corrected chi connectivity index (χ3v) is 3.19. The van der Waals surface area contributed by atoms with Gasteiger partial charge < -0.3 is 26.7 Å². The number of benzene rings is 1. The number of phenolic OH excluding ortho intramolecular Hbond substituents is 1. The number of hydrogen-bond acceptors (Lipinski definition) is 5. The van der Waals surface area contributed by atoms with Crippen molar-refractivity contribution in [3.63, 3.8) is 0 Å². The van der Waals surface area contributed by atoms with Gasteiger partial charge in [0, 0.05) is 0 Å². The van der Waals surface area contributed by atoms with Crippen molar-refractivity contribution in [1.29, 1.82) is 0 Å². The first-order chi connectivity index (χ1) is 10.1. The molecule has 0 aliphatic heterocycles. The molecule has 0 heterocycles. The molecule has 6 N–H and O–H groups in total. The van der Waals surface area contributed by atoms with Gasteiger partial charge in [0.25, 0.3) is 0 Å². The topological polar surface area (TPSA) is 118 Å². The largest absolute Gasteiger partial charge is 0.508 e. The van der Waals surface area contributed by atoms with Gasteiger partial charge >= 0.3 is 0 Å². The highest BCUT2D eigenvalue weighted by Crippen LogP contribution is 2.11. The first kappa shape index (κ1) is 17.1. The third-order valence-electron chi connectivity index (χ3n) is 3.19. The Balaban J connectivity index is 2.47. The average Bonchev–Trinajstić information content (AvgIpc) is 2.48. The van der Waals surface area contributed by atoms with Crippen molar-refractivity contribution in [3.8, 4) is 5.75 Å². The summed E-state index contributed by atoms with van der Waals surface area (Å²) in [5, 5.41) is 11.8. The zero-order valence-corrected chi connectivity index (χ0v) is 12.0. The van der Waals surface area contributed by atoms with Gasteiger partial charge in [0.15, 0.2) is 0 Å². The number of hydrogen-bond donors (Lipinski definition) is 4. The summed E-state index contributed by atoms with van der Waals surface area (Å²) in [5.41, 5.74) is 12.0. The van der Waals surface area contributed by atoms with Crippen LogP contribution in [0.2, 0.25) is 0 Å². The molecular formula is C15H23N3O3. The van der Waals surface area contributed by atoms with Crippen molar-refractivity contribution < 1.29 is 14.7 Å². The van der Waals surface area contributed by atoms with Crippen LogP contribution in [-0.4, -0.2) is 35.9 Å². The Hall–Kier alpha value is -1.92. The van der Waals surface area contributed by atoms with Crippen LogP contribution in [0, 0.1) is 0 Å². The number of rotatable bonds is 9. The Morgan fingerprint density at radius 2 is 1.95 bits per heavy atom. The Morgan fingerprint density at radius 3 is 2.52 bits per heavy atom. The van der Waals surface area contributed by atoms with Crippen LogP contribution in [0.15, 0.2) is 24.3 Å². The molecule has 0 saturated carbocycles.